The van der Waals surface area contributed by atoms with E-state index < -0.39 is 0 Å². The van der Waals surface area contributed by atoms with Crippen molar-refractivity contribution in [1.29, 1.82) is 0 Å². The van der Waals surface area contributed by atoms with Gasteiger partial charge in [-0.3, -0.25) is 4.79 Å². The van der Waals surface area contributed by atoms with Crippen molar-refractivity contribution in [2.24, 2.45) is 5.41 Å². The minimum Gasteiger partial charge on any atom is -0.493 e. The number of H-pyrrole nitrogens is 1. The molecule has 5 nitrogen and oxygen atoms in total. The highest BCUT2D eigenvalue weighted by Gasteiger charge is 2.26. The predicted molar refractivity (Wildman–Crippen MR) is 143 cm³/mol. The van der Waals surface area contributed by atoms with Crippen molar-refractivity contribution in [3.63, 3.8) is 0 Å². The van der Waals surface area contributed by atoms with Gasteiger partial charge in [0.2, 0.25) is 0 Å². The van der Waals surface area contributed by atoms with Gasteiger partial charge < -0.3 is 19.2 Å². The summed E-state index contributed by atoms with van der Waals surface area (Å²) in [6.45, 7) is 12.4. The Kier molecular flexibility index (Phi) is 6.90. The molecule has 3 aromatic rings. The summed E-state index contributed by atoms with van der Waals surface area (Å²) in [6.07, 6.45) is 4.89. The zero-order valence-corrected chi connectivity index (χ0v) is 22.5. The van der Waals surface area contributed by atoms with E-state index in [0.717, 1.165) is 50.9 Å². The van der Waals surface area contributed by atoms with Gasteiger partial charge in [0.25, 0.3) is 0 Å². The maximum Gasteiger partial charge on any atom is 0.302 e. The first-order valence-corrected chi connectivity index (χ1v) is 12.6. The van der Waals surface area contributed by atoms with Gasteiger partial charge in [0, 0.05) is 29.8 Å². The van der Waals surface area contributed by atoms with Gasteiger partial charge in [0.05, 0.1) is 25.1 Å². The van der Waals surface area contributed by atoms with E-state index in [1.54, 1.807) is 19.8 Å². The monoisotopic (exact) mass is 477 g/mol. The standard InChI is InChI=1S/C30H39NO4/c1-17-16-30(5,6)12-11-22(17)14-21-9-10-25-24(15-21)26-27(31-25)23(13-18(2)35-20(4)32)19(3)28(33-7)29(26)34-8/h9-10,15,18,31H,11-14,16H2,1-8H3. The smallest absolute Gasteiger partial charge is 0.302 e. The van der Waals surface area contributed by atoms with Gasteiger partial charge in [0.1, 0.15) is 6.10 Å². The molecule has 0 bridgehead atoms. The Balaban J connectivity index is 1.85. The van der Waals surface area contributed by atoms with Crippen molar-refractivity contribution in [2.45, 2.75) is 79.8 Å². The summed E-state index contributed by atoms with van der Waals surface area (Å²) in [5, 5.41) is 2.15. The number of benzene rings is 2. The van der Waals surface area contributed by atoms with Crippen LogP contribution in [0.5, 0.6) is 11.5 Å². The Morgan fingerprint density at radius 3 is 2.49 bits per heavy atom. The lowest BCUT2D eigenvalue weighted by atomic mass is 9.73. The highest BCUT2D eigenvalue weighted by atomic mass is 16.5. The second-order valence-corrected chi connectivity index (χ2v) is 11.0. The van der Waals surface area contributed by atoms with Crippen LogP contribution >= 0.6 is 0 Å². The SMILES string of the molecule is COc1c(C)c(CC(C)OC(C)=O)c2[nH]c3ccc(CC4=C(C)CC(C)(C)CC4)cc3c2c1OC. The predicted octanol–water partition coefficient (Wildman–Crippen LogP) is 7.21. The topological polar surface area (TPSA) is 60.5 Å². The number of carbonyl (C=O) groups excluding carboxylic acids is 1. The van der Waals surface area contributed by atoms with Crippen LogP contribution in [0.4, 0.5) is 0 Å². The van der Waals surface area contributed by atoms with Gasteiger partial charge in [-0.1, -0.05) is 31.1 Å². The van der Waals surface area contributed by atoms with Crippen molar-refractivity contribution >= 4 is 27.8 Å². The zero-order valence-electron chi connectivity index (χ0n) is 22.5. The van der Waals surface area contributed by atoms with Crippen molar-refractivity contribution < 1.29 is 19.0 Å². The number of aromatic nitrogens is 1. The largest absolute Gasteiger partial charge is 0.493 e. The molecule has 188 valence electrons. The van der Waals surface area contributed by atoms with E-state index in [-0.39, 0.29) is 12.1 Å². The van der Waals surface area contributed by atoms with Crippen molar-refractivity contribution in [2.75, 3.05) is 14.2 Å². The molecule has 2 aromatic carbocycles. The number of aromatic amines is 1. The van der Waals surface area contributed by atoms with Gasteiger partial charge in [-0.05, 0) is 75.1 Å². The van der Waals surface area contributed by atoms with E-state index >= 15 is 0 Å². The molecule has 35 heavy (non-hydrogen) atoms. The number of fused-ring (bicyclic) bond motifs is 3. The number of allylic oxidation sites excluding steroid dienone is 2. The lowest BCUT2D eigenvalue weighted by Gasteiger charge is -2.32. The number of nitrogens with one attached hydrogen (secondary N) is 1. The molecule has 0 spiro atoms. The van der Waals surface area contributed by atoms with Crippen LogP contribution in [0, 0.1) is 12.3 Å². The van der Waals surface area contributed by atoms with Crippen LogP contribution in [-0.4, -0.2) is 31.3 Å². The fraction of sp³-hybridized carbons (Fsp3) is 0.500. The van der Waals surface area contributed by atoms with E-state index in [1.165, 1.54) is 37.3 Å². The summed E-state index contributed by atoms with van der Waals surface area (Å²) in [6, 6.07) is 6.70. The molecule has 0 fully saturated rings. The lowest BCUT2D eigenvalue weighted by molar-refractivity contribution is -0.145. The molecule has 5 heteroatoms. The Labute approximate surface area is 208 Å². The van der Waals surface area contributed by atoms with E-state index in [4.69, 9.17) is 14.2 Å². The lowest BCUT2D eigenvalue weighted by Crippen LogP contribution is -2.18. The molecular formula is C30H39NO4. The zero-order chi connectivity index (χ0) is 25.5. The van der Waals surface area contributed by atoms with Crippen molar-refractivity contribution in [3.05, 3.63) is 46.0 Å². The van der Waals surface area contributed by atoms with E-state index in [1.807, 2.05) is 13.8 Å². The highest BCUT2D eigenvalue weighted by molar-refractivity contribution is 6.13. The third kappa shape index (κ3) is 4.91. The number of methoxy groups -OCH3 is 2. The van der Waals surface area contributed by atoms with Gasteiger partial charge in [-0.25, -0.2) is 0 Å². The number of esters is 1. The van der Waals surface area contributed by atoms with Crippen LogP contribution in [0.1, 0.15) is 70.6 Å². The third-order valence-corrected chi connectivity index (χ3v) is 7.53. The van der Waals surface area contributed by atoms with Gasteiger partial charge in [-0.15, -0.1) is 0 Å². The summed E-state index contributed by atoms with van der Waals surface area (Å²) >= 11 is 0. The molecule has 1 atom stereocenters. The Morgan fingerprint density at radius 1 is 1.14 bits per heavy atom. The van der Waals surface area contributed by atoms with E-state index in [0.29, 0.717) is 11.8 Å². The summed E-state index contributed by atoms with van der Waals surface area (Å²) in [5.74, 6) is 1.19. The third-order valence-electron chi connectivity index (χ3n) is 7.53. The van der Waals surface area contributed by atoms with Crippen molar-refractivity contribution in [3.8, 4) is 11.5 Å². The Bertz CT molecular complexity index is 1310. The molecule has 4 rings (SSSR count). The minimum absolute atomic E-state index is 0.250. The first-order valence-electron chi connectivity index (χ1n) is 12.6. The number of ether oxygens (including phenoxy) is 3. The van der Waals surface area contributed by atoms with Crippen molar-refractivity contribution in [1.82, 2.24) is 4.98 Å². The van der Waals surface area contributed by atoms with Gasteiger partial charge in [-0.2, -0.15) is 0 Å². The molecule has 1 unspecified atom stereocenters. The van der Waals surface area contributed by atoms with Crippen LogP contribution in [0.15, 0.2) is 29.3 Å². The Morgan fingerprint density at radius 2 is 1.86 bits per heavy atom. The van der Waals surface area contributed by atoms with Crippen LogP contribution in [0.3, 0.4) is 0 Å². The molecule has 1 heterocycles. The quantitative estimate of drug-likeness (QED) is 0.288. The van der Waals surface area contributed by atoms with Crippen LogP contribution < -0.4 is 9.47 Å². The molecular weight excluding hydrogens is 438 g/mol. The second-order valence-electron chi connectivity index (χ2n) is 11.0. The first kappa shape index (κ1) is 25.2. The molecule has 1 aliphatic rings. The number of hydrogen-bond donors (Lipinski definition) is 1. The summed E-state index contributed by atoms with van der Waals surface area (Å²) in [7, 11) is 3.37. The molecule has 1 aliphatic carbocycles. The molecule has 0 saturated carbocycles. The normalized spacial score (nSPS) is 16.6. The number of rotatable bonds is 7. The minimum atomic E-state index is -0.274. The average Bonchev–Trinajstić information content (AvgIpc) is 3.15. The average molecular weight is 478 g/mol. The van der Waals surface area contributed by atoms with Gasteiger partial charge in [0.15, 0.2) is 11.5 Å². The van der Waals surface area contributed by atoms with Crippen LogP contribution in [0.25, 0.3) is 21.8 Å². The second kappa shape index (κ2) is 9.60. The molecule has 0 saturated heterocycles. The Hall–Kier alpha value is -2.95. The molecule has 0 amide bonds. The molecule has 1 N–H and O–H groups in total. The number of hydrogen-bond acceptors (Lipinski definition) is 4. The highest BCUT2D eigenvalue weighted by Crippen LogP contribution is 2.46. The fourth-order valence-corrected chi connectivity index (χ4v) is 5.85. The summed E-state index contributed by atoms with van der Waals surface area (Å²) in [5.41, 5.74) is 8.97. The number of carbonyl (C=O) groups is 1. The van der Waals surface area contributed by atoms with Crippen LogP contribution in [-0.2, 0) is 22.4 Å². The summed E-state index contributed by atoms with van der Waals surface area (Å²) in [4.78, 5) is 15.2. The maximum atomic E-state index is 11.5. The van der Waals surface area contributed by atoms with Gasteiger partial charge >= 0.3 is 5.97 Å². The van der Waals surface area contributed by atoms with E-state index in [2.05, 4.69) is 44.0 Å². The molecule has 0 radical (unpaired) electrons. The fourth-order valence-electron chi connectivity index (χ4n) is 5.85. The molecule has 1 aromatic heterocycles. The van der Waals surface area contributed by atoms with E-state index in [9.17, 15) is 4.79 Å². The summed E-state index contributed by atoms with van der Waals surface area (Å²) < 4.78 is 17.2. The first-order chi connectivity index (χ1) is 16.5. The maximum absolute atomic E-state index is 11.5. The molecule has 0 aliphatic heterocycles. The van der Waals surface area contributed by atoms with Crippen LogP contribution in [0.2, 0.25) is 0 Å².